The number of piperidine rings is 1. The van der Waals surface area contributed by atoms with Gasteiger partial charge in [0.2, 0.25) is 11.8 Å². The summed E-state index contributed by atoms with van der Waals surface area (Å²) in [6.45, 7) is 9.22. The average molecular weight is 499 g/mol. The molecule has 2 aromatic rings. The molecule has 3 aliphatic rings. The number of nitrogens with zero attached hydrogens (tertiary/aromatic N) is 2. The third-order valence-corrected chi connectivity index (χ3v) is 9.21. The van der Waals surface area contributed by atoms with Crippen molar-refractivity contribution in [2.45, 2.75) is 78.7 Å². The van der Waals surface area contributed by atoms with Crippen molar-refractivity contribution in [3.05, 3.63) is 65.2 Å². The molecule has 0 atom stereocenters. The van der Waals surface area contributed by atoms with E-state index in [4.69, 9.17) is 0 Å². The molecular weight excluding hydrogens is 456 g/mol. The second-order valence-corrected chi connectivity index (χ2v) is 12.0. The lowest BCUT2D eigenvalue weighted by Gasteiger charge is -2.53. The van der Waals surface area contributed by atoms with E-state index in [2.05, 4.69) is 56.0 Å². The van der Waals surface area contributed by atoms with Gasteiger partial charge in [-0.05, 0) is 97.1 Å². The first-order valence-electron chi connectivity index (χ1n) is 14.3. The molecule has 5 rings (SSSR count). The van der Waals surface area contributed by atoms with Crippen LogP contribution in [0.3, 0.4) is 0 Å². The van der Waals surface area contributed by atoms with Crippen LogP contribution in [0.2, 0.25) is 0 Å². The quantitative estimate of drug-likeness (QED) is 0.391. The second-order valence-electron chi connectivity index (χ2n) is 12.0. The first kappa shape index (κ1) is 25.8. The molecule has 1 saturated heterocycles. The van der Waals surface area contributed by atoms with Gasteiger partial charge in [0.15, 0.2) is 0 Å². The number of carbonyl (C=O) groups excluding carboxylic acids is 2. The molecule has 2 amide bonds. The van der Waals surface area contributed by atoms with Crippen molar-refractivity contribution in [3.8, 4) is 0 Å². The molecule has 2 aliphatic heterocycles. The molecule has 2 heterocycles. The summed E-state index contributed by atoms with van der Waals surface area (Å²) >= 11 is 0. The summed E-state index contributed by atoms with van der Waals surface area (Å²) in [7, 11) is 0. The van der Waals surface area contributed by atoms with Gasteiger partial charge >= 0.3 is 0 Å². The minimum atomic E-state index is 0.132. The lowest BCUT2D eigenvalue weighted by Crippen LogP contribution is -2.49. The van der Waals surface area contributed by atoms with Gasteiger partial charge in [-0.3, -0.25) is 9.59 Å². The number of carbonyl (C=O) groups is 2. The van der Waals surface area contributed by atoms with Crippen LogP contribution >= 0.6 is 0 Å². The second kappa shape index (κ2) is 10.8. The van der Waals surface area contributed by atoms with Crippen LogP contribution in [0.4, 0.5) is 5.69 Å². The van der Waals surface area contributed by atoms with Crippen molar-refractivity contribution in [2.75, 3.05) is 18.0 Å². The van der Waals surface area contributed by atoms with Crippen molar-refractivity contribution in [2.24, 2.45) is 17.3 Å². The lowest BCUT2D eigenvalue weighted by molar-refractivity contribution is -0.136. The Balaban J connectivity index is 1.14. The van der Waals surface area contributed by atoms with Gasteiger partial charge in [0.05, 0.1) is 12.2 Å². The van der Waals surface area contributed by atoms with E-state index in [-0.39, 0.29) is 11.8 Å². The number of rotatable bonds is 6. The Morgan fingerprint density at radius 2 is 1.57 bits per heavy atom. The van der Waals surface area contributed by atoms with E-state index in [0.717, 1.165) is 49.0 Å². The number of allylic oxidation sites excluding steroid dienone is 1. The van der Waals surface area contributed by atoms with Crippen LogP contribution in [0.1, 0.15) is 88.8 Å². The summed E-state index contributed by atoms with van der Waals surface area (Å²) in [5.74, 6) is 2.07. The molecule has 0 unspecified atom stereocenters. The van der Waals surface area contributed by atoms with Crippen molar-refractivity contribution in [1.82, 2.24) is 4.90 Å². The molecule has 0 bridgehead atoms. The maximum atomic E-state index is 13.5. The van der Waals surface area contributed by atoms with Gasteiger partial charge in [0.25, 0.3) is 0 Å². The highest BCUT2D eigenvalue weighted by Gasteiger charge is 2.46. The molecule has 4 heteroatoms. The third kappa shape index (κ3) is 5.54. The number of likely N-dealkylation sites (tertiary alicyclic amines) is 1. The number of fused-ring (bicyclic) bond motifs is 2. The van der Waals surface area contributed by atoms with Crippen LogP contribution in [0.15, 0.2) is 48.5 Å². The molecule has 2 fully saturated rings. The first-order chi connectivity index (χ1) is 17.8. The number of benzene rings is 2. The summed E-state index contributed by atoms with van der Waals surface area (Å²) < 4.78 is 0. The van der Waals surface area contributed by atoms with Crippen LogP contribution in [0.25, 0.3) is 11.6 Å². The summed E-state index contributed by atoms with van der Waals surface area (Å²) in [4.78, 5) is 30.3. The predicted molar refractivity (Wildman–Crippen MR) is 152 cm³/mol. The fraction of sp³-hybridized carbons (Fsp3) is 0.515. The van der Waals surface area contributed by atoms with Crippen molar-refractivity contribution in [3.63, 3.8) is 0 Å². The number of para-hydroxylation sites is 1. The minimum Gasteiger partial charge on any atom is -0.343 e. The highest BCUT2D eigenvalue weighted by Crippen LogP contribution is 2.54. The van der Waals surface area contributed by atoms with Crippen LogP contribution in [0.5, 0.6) is 0 Å². The van der Waals surface area contributed by atoms with Gasteiger partial charge in [-0.2, -0.15) is 0 Å². The smallest absolute Gasteiger partial charge is 0.227 e. The van der Waals surface area contributed by atoms with Gasteiger partial charge in [0, 0.05) is 25.9 Å². The van der Waals surface area contributed by atoms with Gasteiger partial charge in [-0.25, -0.2) is 0 Å². The molecule has 196 valence electrons. The molecule has 0 radical (unpaired) electrons. The molecule has 0 aromatic heterocycles. The topological polar surface area (TPSA) is 40.6 Å². The summed E-state index contributed by atoms with van der Waals surface area (Å²) in [5.41, 5.74) is 6.15. The largest absolute Gasteiger partial charge is 0.343 e. The van der Waals surface area contributed by atoms with Gasteiger partial charge in [0.1, 0.15) is 0 Å². The third-order valence-electron chi connectivity index (χ3n) is 9.21. The Kier molecular flexibility index (Phi) is 7.55. The van der Waals surface area contributed by atoms with Crippen LogP contribution in [-0.4, -0.2) is 29.8 Å². The Hall–Kier alpha value is -2.88. The lowest BCUT2D eigenvalue weighted by atomic mass is 9.55. The van der Waals surface area contributed by atoms with Crippen LogP contribution in [0, 0.1) is 17.3 Å². The number of anilines is 1. The number of hydrogen-bond donors (Lipinski definition) is 0. The van der Waals surface area contributed by atoms with Gasteiger partial charge in [-0.15, -0.1) is 0 Å². The Morgan fingerprint density at radius 3 is 2.30 bits per heavy atom. The van der Waals surface area contributed by atoms with E-state index in [0.29, 0.717) is 24.8 Å². The van der Waals surface area contributed by atoms with E-state index in [1.165, 1.54) is 42.4 Å². The predicted octanol–water partition coefficient (Wildman–Crippen LogP) is 7.33. The molecule has 0 N–H and O–H groups in total. The zero-order valence-corrected chi connectivity index (χ0v) is 22.8. The van der Waals surface area contributed by atoms with Gasteiger partial charge < -0.3 is 9.80 Å². The van der Waals surface area contributed by atoms with E-state index < -0.39 is 0 Å². The monoisotopic (exact) mass is 498 g/mol. The van der Waals surface area contributed by atoms with Crippen molar-refractivity contribution in [1.29, 1.82) is 0 Å². The standard InChI is InChI=1S/C33H42N2O2/c1-24(2)28-21-33(22-28)16-18-34(19-17-33)31(36)14-8-9-15-32(37)35-23-27-11-4-6-12-29(27)25(3)20-26-10-5-7-13-30(26)35/h4-7,10-13,20,24,28H,8-9,14-19,21-23H2,1-3H3/b25-20-. The average Bonchev–Trinajstić information content (AvgIpc) is 2.87. The van der Waals surface area contributed by atoms with Crippen LogP contribution < -0.4 is 4.90 Å². The van der Waals surface area contributed by atoms with E-state index in [1.807, 2.05) is 29.2 Å². The SMILES string of the molecule is C/C1=C/c2ccccc2N(C(=O)CCCCC(=O)N2CCC3(CC2)CC(C(C)C)C3)Cc2ccccc21. The number of amides is 2. The summed E-state index contributed by atoms with van der Waals surface area (Å²) in [5, 5.41) is 0. The normalized spacial score (nSPS) is 20.4. The van der Waals surface area contributed by atoms with Crippen molar-refractivity contribution < 1.29 is 9.59 Å². The Morgan fingerprint density at radius 1 is 0.919 bits per heavy atom. The summed E-state index contributed by atoms with van der Waals surface area (Å²) in [6.07, 6.45) is 9.77. The Bertz CT molecular complexity index is 1160. The highest BCUT2D eigenvalue weighted by atomic mass is 16.2. The fourth-order valence-corrected chi connectivity index (χ4v) is 6.70. The van der Waals surface area contributed by atoms with Crippen LogP contribution in [-0.2, 0) is 16.1 Å². The molecule has 2 aromatic carbocycles. The first-order valence-corrected chi connectivity index (χ1v) is 14.3. The molecule has 4 nitrogen and oxygen atoms in total. The number of unbranched alkanes of at least 4 members (excludes halogenated alkanes) is 1. The fourth-order valence-electron chi connectivity index (χ4n) is 6.70. The Labute approximate surface area is 222 Å². The molecule has 37 heavy (non-hydrogen) atoms. The molecule has 1 saturated carbocycles. The maximum Gasteiger partial charge on any atom is 0.227 e. The summed E-state index contributed by atoms with van der Waals surface area (Å²) in [6, 6.07) is 16.5. The molecular formula is C33H42N2O2. The zero-order chi connectivity index (χ0) is 26.0. The highest BCUT2D eigenvalue weighted by molar-refractivity contribution is 5.98. The van der Waals surface area contributed by atoms with E-state index >= 15 is 0 Å². The molecule has 1 spiro atoms. The van der Waals surface area contributed by atoms with Gasteiger partial charge in [-0.1, -0.05) is 56.3 Å². The van der Waals surface area contributed by atoms with E-state index in [9.17, 15) is 9.59 Å². The van der Waals surface area contributed by atoms with Crippen molar-refractivity contribution >= 4 is 29.2 Å². The molecule has 1 aliphatic carbocycles. The zero-order valence-electron chi connectivity index (χ0n) is 22.8. The van der Waals surface area contributed by atoms with E-state index in [1.54, 1.807) is 0 Å². The minimum absolute atomic E-state index is 0.132. The maximum absolute atomic E-state index is 13.5. The number of hydrogen-bond acceptors (Lipinski definition) is 2.